The van der Waals surface area contributed by atoms with E-state index < -0.39 is 40.5 Å². The summed E-state index contributed by atoms with van der Waals surface area (Å²) < 4.78 is 18.9. The third kappa shape index (κ3) is 10.2. The van der Waals surface area contributed by atoms with Gasteiger partial charge in [0.1, 0.15) is 22.3 Å². The Hall–Kier alpha value is -5.18. The van der Waals surface area contributed by atoms with Gasteiger partial charge in [-0.05, 0) is 91.8 Å². The van der Waals surface area contributed by atoms with E-state index in [1.807, 2.05) is 86.1 Å². The third-order valence-corrected chi connectivity index (χ3v) is 7.60. The molecule has 0 N–H and O–H groups in total. The van der Waals surface area contributed by atoms with Crippen molar-refractivity contribution in [2.45, 2.75) is 97.5 Å². The average molecular weight is 694 g/mol. The predicted octanol–water partition coefficient (Wildman–Crippen LogP) is 9.40. The van der Waals surface area contributed by atoms with Crippen molar-refractivity contribution in [3.8, 4) is 0 Å². The van der Waals surface area contributed by atoms with Crippen LogP contribution in [-0.4, -0.2) is 56.0 Å². The van der Waals surface area contributed by atoms with E-state index in [9.17, 15) is 14.4 Å². The number of benzene rings is 3. The van der Waals surface area contributed by atoms with Crippen molar-refractivity contribution in [2.24, 2.45) is 0 Å². The van der Waals surface area contributed by atoms with E-state index >= 15 is 0 Å². The summed E-state index contributed by atoms with van der Waals surface area (Å²) in [4.78, 5) is 45.6. The number of unbranched alkanes of at least 4 members (excludes halogenated alkanes) is 1. The van der Waals surface area contributed by atoms with Crippen LogP contribution in [0.4, 0.5) is 9.59 Å². The lowest BCUT2D eigenvalue weighted by atomic mass is 9.77. The zero-order valence-electron chi connectivity index (χ0n) is 31.3. The first kappa shape index (κ1) is 38.6. The van der Waals surface area contributed by atoms with Crippen molar-refractivity contribution in [1.29, 1.82) is 0 Å². The molecule has 4 aromatic rings. The Morgan fingerprint density at radius 2 is 1.06 bits per heavy atom. The van der Waals surface area contributed by atoms with Crippen LogP contribution >= 0.6 is 0 Å². The van der Waals surface area contributed by atoms with Crippen molar-refractivity contribution in [3.05, 3.63) is 132 Å². The van der Waals surface area contributed by atoms with Gasteiger partial charge >= 0.3 is 18.2 Å². The summed E-state index contributed by atoms with van der Waals surface area (Å²) in [6, 6.07) is 30.6. The molecule has 0 fully saturated rings. The van der Waals surface area contributed by atoms with Gasteiger partial charge in [0.25, 0.3) is 0 Å². The number of amides is 2. The second-order valence-electron chi connectivity index (χ2n) is 15.3. The molecule has 9 heteroatoms. The fraction of sp³-hybridized carbons (Fsp3) is 0.381. The summed E-state index contributed by atoms with van der Waals surface area (Å²) in [6.45, 7) is 15.8. The van der Waals surface area contributed by atoms with E-state index in [2.05, 4.69) is 36.4 Å². The second kappa shape index (κ2) is 15.8. The number of hydrogen-bond donors (Lipinski definition) is 0. The smallest absolute Gasteiger partial charge is 0.419 e. The van der Waals surface area contributed by atoms with Gasteiger partial charge in [0.05, 0.1) is 17.6 Å². The van der Waals surface area contributed by atoms with Crippen LogP contribution in [0.25, 0.3) is 5.57 Å². The number of ether oxygens (including phenoxy) is 3. The van der Waals surface area contributed by atoms with Gasteiger partial charge in [-0.25, -0.2) is 24.3 Å². The fourth-order valence-corrected chi connectivity index (χ4v) is 5.64. The highest BCUT2D eigenvalue weighted by atomic mass is 16.6. The molecule has 9 nitrogen and oxygen atoms in total. The van der Waals surface area contributed by atoms with Gasteiger partial charge in [-0.1, -0.05) is 97.1 Å². The Bertz CT molecular complexity index is 1670. The molecule has 0 aliphatic rings. The summed E-state index contributed by atoms with van der Waals surface area (Å²) in [5, 5.41) is 0. The highest BCUT2D eigenvalue weighted by Crippen LogP contribution is 2.41. The first-order chi connectivity index (χ1) is 23.9. The number of nitrogens with zero attached hydrogens (tertiary/aromatic N) is 3. The number of aromatic nitrogens is 2. The molecule has 2 amide bonds. The summed E-state index contributed by atoms with van der Waals surface area (Å²) >= 11 is 0. The molecule has 0 saturated carbocycles. The molecular formula is C42H51N3O6. The maximum Gasteiger partial charge on any atom is 0.419 e. The molecule has 1 aromatic heterocycles. The number of rotatable bonds is 10. The molecule has 0 aliphatic heterocycles. The summed E-state index contributed by atoms with van der Waals surface area (Å²) in [5.74, 6) is -0.534. The van der Waals surface area contributed by atoms with Crippen LogP contribution in [0.1, 0.15) is 97.5 Å². The number of imidazole rings is 1. The van der Waals surface area contributed by atoms with Crippen LogP contribution in [0.15, 0.2) is 110 Å². The lowest BCUT2D eigenvalue weighted by molar-refractivity contribution is -0.147. The van der Waals surface area contributed by atoms with Crippen LogP contribution in [-0.2, 0) is 24.5 Å². The highest BCUT2D eigenvalue weighted by Gasteiger charge is 2.39. The summed E-state index contributed by atoms with van der Waals surface area (Å²) in [5.41, 5.74) is 0.527. The van der Waals surface area contributed by atoms with E-state index in [1.54, 1.807) is 53.9 Å². The van der Waals surface area contributed by atoms with Crippen molar-refractivity contribution in [1.82, 2.24) is 14.5 Å². The minimum Gasteiger partial charge on any atom is -0.456 e. The molecule has 1 heterocycles. The fourth-order valence-electron chi connectivity index (χ4n) is 5.64. The minimum absolute atomic E-state index is 0.00942. The first-order valence-electron chi connectivity index (χ1n) is 17.3. The largest absolute Gasteiger partial charge is 0.456 e. The van der Waals surface area contributed by atoms with E-state index in [0.29, 0.717) is 18.5 Å². The van der Waals surface area contributed by atoms with Crippen molar-refractivity contribution >= 4 is 23.7 Å². The van der Waals surface area contributed by atoms with Crippen LogP contribution < -0.4 is 0 Å². The van der Waals surface area contributed by atoms with Crippen LogP contribution in [0, 0.1) is 0 Å². The van der Waals surface area contributed by atoms with Gasteiger partial charge in [0.15, 0.2) is 0 Å². The Morgan fingerprint density at radius 3 is 1.45 bits per heavy atom. The Balaban J connectivity index is 1.76. The van der Waals surface area contributed by atoms with E-state index in [1.165, 1.54) is 0 Å². The van der Waals surface area contributed by atoms with E-state index in [0.717, 1.165) is 21.6 Å². The SMILES string of the molecule is CC(C)(C)OC(=O)/C(=C\CCCN(C(=O)OC(C)(C)C)C(=O)OC(C)(C)C)c1cn(C(c2ccccc2)(c2ccccc2)c2ccccc2)cn1. The second-order valence-corrected chi connectivity index (χ2v) is 15.3. The molecule has 0 spiro atoms. The van der Waals surface area contributed by atoms with Gasteiger partial charge < -0.3 is 18.8 Å². The van der Waals surface area contributed by atoms with Gasteiger partial charge in [-0.3, -0.25) is 0 Å². The van der Waals surface area contributed by atoms with Crippen LogP contribution in [0.3, 0.4) is 0 Å². The number of esters is 1. The number of carbonyl (C=O) groups is 3. The first-order valence-corrected chi connectivity index (χ1v) is 17.3. The lowest BCUT2D eigenvalue weighted by Crippen LogP contribution is -2.44. The van der Waals surface area contributed by atoms with Crippen molar-refractivity contribution in [2.75, 3.05) is 6.54 Å². The molecule has 270 valence electrons. The highest BCUT2D eigenvalue weighted by molar-refractivity contribution is 6.15. The monoisotopic (exact) mass is 693 g/mol. The molecular weight excluding hydrogens is 642 g/mol. The molecule has 3 aromatic carbocycles. The van der Waals surface area contributed by atoms with Gasteiger partial charge in [0, 0.05) is 12.7 Å². The molecule has 0 saturated heterocycles. The molecule has 0 atom stereocenters. The molecule has 0 radical (unpaired) electrons. The van der Waals surface area contributed by atoms with Gasteiger partial charge in [-0.15, -0.1) is 0 Å². The normalized spacial score (nSPS) is 12.6. The number of hydrogen-bond acceptors (Lipinski definition) is 7. The van der Waals surface area contributed by atoms with Crippen LogP contribution in [0.2, 0.25) is 0 Å². The Morgan fingerprint density at radius 1 is 0.647 bits per heavy atom. The van der Waals surface area contributed by atoms with Crippen molar-refractivity contribution < 1.29 is 28.6 Å². The zero-order chi connectivity index (χ0) is 37.5. The number of allylic oxidation sites excluding steroid dienone is 1. The number of imide groups is 1. The zero-order valence-corrected chi connectivity index (χ0v) is 31.3. The lowest BCUT2D eigenvalue weighted by Gasteiger charge is -2.37. The van der Waals surface area contributed by atoms with Gasteiger partial charge in [-0.2, -0.15) is 0 Å². The average Bonchev–Trinajstić information content (AvgIpc) is 3.52. The minimum atomic E-state index is -0.824. The van der Waals surface area contributed by atoms with E-state index in [4.69, 9.17) is 19.2 Å². The standard InChI is InChI=1S/C42H51N3O6/c1-39(2,3)49-36(46)34(27-19-20-28-45(37(47)50-40(4,5)6)38(48)51-41(7,8)9)35-29-44(30-43-35)42(31-21-13-10-14-22-31,32-23-15-11-16-24-32)33-25-17-12-18-26-33/h10-18,21-27,29-30H,19-20,28H2,1-9H3/b34-27-. The third-order valence-electron chi connectivity index (χ3n) is 7.60. The maximum atomic E-state index is 13.8. The molecule has 0 aliphatic carbocycles. The Labute approximate surface area is 302 Å². The molecule has 0 unspecified atom stereocenters. The maximum absolute atomic E-state index is 13.8. The molecule has 51 heavy (non-hydrogen) atoms. The van der Waals surface area contributed by atoms with E-state index in [-0.39, 0.29) is 12.1 Å². The van der Waals surface area contributed by atoms with Crippen molar-refractivity contribution in [3.63, 3.8) is 0 Å². The predicted molar refractivity (Wildman–Crippen MR) is 199 cm³/mol. The number of carbonyl (C=O) groups excluding carboxylic acids is 3. The quantitative estimate of drug-likeness (QED) is 0.0536. The molecule has 0 bridgehead atoms. The molecule has 4 rings (SSSR count). The topological polar surface area (TPSA) is 100.0 Å². The summed E-state index contributed by atoms with van der Waals surface area (Å²) in [7, 11) is 0. The Kier molecular flexibility index (Phi) is 12.0. The summed E-state index contributed by atoms with van der Waals surface area (Å²) in [6.07, 6.45) is 4.41. The van der Waals surface area contributed by atoms with Gasteiger partial charge in [0.2, 0.25) is 0 Å². The van der Waals surface area contributed by atoms with Crippen LogP contribution in [0.5, 0.6) is 0 Å².